The van der Waals surface area contributed by atoms with Crippen LogP contribution in [0.1, 0.15) is 11.5 Å². The van der Waals surface area contributed by atoms with E-state index in [1.165, 1.54) is 0 Å². The predicted molar refractivity (Wildman–Crippen MR) is 92.3 cm³/mol. The highest BCUT2D eigenvalue weighted by molar-refractivity contribution is 5.93. The average molecular weight is 337 g/mol. The van der Waals surface area contributed by atoms with Crippen LogP contribution in [0.5, 0.6) is 0 Å². The summed E-state index contributed by atoms with van der Waals surface area (Å²) < 4.78 is 3.58. The van der Waals surface area contributed by atoms with Gasteiger partial charge in [-0.25, -0.2) is 9.97 Å². The van der Waals surface area contributed by atoms with E-state index in [1.807, 2.05) is 42.3 Å². The lowest BCUT2D eigenvalue weighted by molar-refractivity contribution is -0.119. The average Bonchev–Trinajstić information content (AvgIpc) is 3.36. The molecule has 4 heterocycles. The van der Waals surface area contributed by atoms with E-state index < -0.39 is 0 Å². The van der Waals surface area contributed by atoms with E-state index in [-0.39, 0.29) is 17.7 Å². The van der Waals surface area contributed by atoms with E-state index in [0.29, 0.717) is 12.2 Å². The minimum absolute atomic E-state index is 0.00367. The van der Waals surface area contributed by atoms with Gasteiger partial charge >= 0.3 is 0 Å². The molecular formula is C17H19N7O. The molecular weight excluding hydrogens is 318 g/mol. The first kappa shape index (κ1) is 15.5. The number of amides is 1. The number of hydrogen-bond acceptors (Lipinski definition) is 5. The van der Waals surface area contributed by atoms with Crippen molar-refractivity contribution >= 4 is 11.6 Å². The monoisotopic (exact) mass is 337 g/mol. The van der Waals surface area contributed by atoms with Crippen molar-refractivity contribution in [2.75, 3.05) is 18.4 Å². The second kappa shape index (κ2) is 6.48. The molecule has 3 aromatic heterocycles. The number of anilines is 1. The third-order valence-electron chi connectivity index (χ3n) is 4.49. The molecule has 128 valence electrons. The Bertz CT molecular complexity index is 854. The van der Waals surface area contributed by atoms with Gasteiger partial charge in [-0.05, 0) is 17.7 Å². The second-order valence-corrected chi connectivity index (χ2v) is 6.18. The van der Waals surface area contributed by atoms with Gasteiger partial charge in [0.1, 0.15) is 12.1 Å². The van der Waals surface area contributed by atoms with E-state index in [9.17, 15) is 4.79 Å². The van der Waals surface area contributed by atoms with Gasteiger partial charge in [0.2, 0.25) is 5.91 Å². The van der Waals surface area contributed by atoms with Crippen molar-refractivity contribution in [2.45, 2.75) is 5.92 Å². The van der Waals surface area contributed by atoms with E-state index >= 15 is 0 Å². The summed E-state index contributed by atoms with van der Waals surface area (Å²) in [7, 11) is 1.88. The molecule has 0 spiro atoms. The van der Waals surface area contributed by atoms with Crippen LogP contribution < -0.4 is 10.6 Å². The van der Waals surface area contributed by atoms with Gasteiger partial charge in [0, 0.05) is 44.6 Å². The molecule has 8 nitrogen and oxygen atoms in total. The van der Waals surface area contributed by atoms with Crippen LogP contribution >= 0.6 is 0 Å². The number of pyridine rings is 1. The highest BCUT2D eigenvalue weighted by Crippen LogP contribution is 2.28. The molecule has 4 rings (SSSR count). The Hall–Kier alpha value is -3.00. The quantitative estimate of drug-likeness (QED) is 0.740. The Labute approximate surface area is 144 Å². The summed E-state index contributed by atoms with van der Waals surface area (Å²) in [5.74, 6) is 0.756. The summed E-state index contributed by atoms with van der Waals surface area (Å²) >= 11 is 0. The largest absolute Gasteiger partial charge is 0.324 e. The van der Waals surface area contributed by atoms with Gasteiger partial charge in [0.15, 0.2) is 0 Å². The maximum atomic E-state index is 12.7. The molecule has 1 aliphatic heterocycles. The van der Waals surface area contributed by atoms with Gasteiger partial charge in [-0.15, -0.1) is 0 Å². The minimum Gasteiger partial charge on any atom is -0.324 e. The smallest absolute Gasteiger partial charge is 0.229 e. The van der Waals surface area contributed by atoms with E-state index in [4.69, 9.17) is 0 Å². The molecule has 0 aliphatic carbocycles. The number of carbonyl (C=O) groups excluding carboxylic acids is 1. The van der Waals surface area contributed by atoms with Gasteiger partial charge < -0.3 is 10.6 Å². The zero-order valence-electron chi connectivity index (χ0n) is 13.8. The second-order valence-electron chi connectivity index (χ2n) is 6.18. The maximum absolute atomic E-state index is 12.7. The van der Waals surface area contributed by atoms with Crippen LogP contribution in [-0.4, -0.2) is 43.3 Å². The Morgan fingerprint density at radius 1 is 1.32 bits per heavy atom. The van der Waals surface area contributed by atoms with Crippen molar-refractivity contribution < 1.29 is 4.79 Å². The van der Waals surface area contributed by atoms with Crippen molar-refractivity contribution in [3.8, 4) is 5.82 Å². The van der Waals surface area contributed by atoms with Crippen LogP contribution in [0.4, 0.5) is 5.69 Å². The van der Waals surface area contributed by atoms with Gasteiger partial charge in [0.05, 0.1) is 24.0 Å². The predicted octanol–water partition coefficient (Wildman–Crippen LogP) is 0.942. The van der Waals surface area contributed by atoms with E-state index in [1.54, 1.807) is 23.4 Å². The molecule has 0 unspecified atom stereocenters. The van der Waals surface area contributed by atoms with Crippen molar-refractivity contribution in [1.29, 1.82) is 0 Å². The molecule has 0 saturated carbocycles. The summed E-state index contributed by atoms with van der Waals surface area (Å²) in [4.78, 5) is 21.1. The fraction of sp³-hybridized carbons (Fsp3) is 0.294. The summed E-state index contributed by atoms with van der Waals surface area (Å²) in [6.07, 6.45) is 10.7. The van der Waals surface area contributed by atoms with Crippen molar-refractivity contribution in [3.63, 3.8) is 0 Å². The highest BCUT2D eigenvalue weighted by atomic mass is 16.2. The van der Waals surface area contributed by atoms with Gasteiger partial charge in [-0.3, -0.25) is 14.0 Å². The molecule has 25 heavy (non-hydrogen) atoms. The Morgan fingerprint density at radius 3 is 2.92 bits per heavy atom. The Morgan fingerprint density at radius 2 is 2.24 bits per heavy atom. The molecule has 1 amide bonds. The molecule has 0 aromatic carbocycles. The summed E-state index contributed by atoms with van der Waals surface area (Å²) in [6.45, 7) is 1.44. The molecule has 2 N–H and O–H groups in total. The fourth-order valence-electron chi connectivity index (χ4n) is 3.18. The Balaban J connectivity index is 1.46. The molecule has 0 radical (unpaired) electrons. The minimum atomic E-state index is -0.127. The summed E-state index contributed by atoms with van der Waals surface area (Å²) in [5, 5.41) is 10.5. The summed E-state index contributed by atoms with van der Waals surface area (Å²) in [5.41, 5.74) is 1.77. The molecule has 2 atom stereocenters. The lowest BCUT2D eigenvalue weighted by Crippen LogP contribution is -2.28. The normalized spacial score (nSPS) is 19.9. The third-order valence-corrected chi connectivity index (χ3v) is 4.49. The molecule has 8 heteroatoms. The standard InChI is InChI=1S/C17H19N7O/c1-23-10-12(6-21-23)14-8-19-9-15(14)17(25)22-13-2-3-16(20-7-13)24-5-4-18-11-24/h2-7,10-11,14-15,19H,8-9H2,1H3,(H,22,25)/t14-,15+/m1/s1. The van der Waals surface area contributed by atoms with Crippen molar-refractivity contribution in [2.24, 2.45) is 13.0 Å². The van der Waals surface area contributed by atoms with E-state index in [0.717, 1.165) is 17.9 Å². The van der Waals surface area contributed by atoms with Gasteiger partial charge in [-0.1, -0.05) is 0 Å². The first-order chi connectivity index (χ1) is 12.2. The molecule has 1 aliphatic rings. The zero-order chi connectivity index (χ0) is 17.2. The zero-order valence-corrected chi connectivity index (χ0v) is 13.8. The number of carbonyl (C=O) groups is 1. The van der Waals surface area contributed by atoms with Crippen LogP contribution in [-0.2, 0) is 11.8 Å². The molecule has 1 fully saturated rings. The fourth-order valence-corrected chi connectivity index (χ4v) is 3.18. The van der Waals surface area contributed by atoms with E-state index in [2.05, 4.69) is 25.7 Å². The molecule has 0 bridgehead atoms. The van der Waals surface area contributed by atoms with Crippen molar-refractivity contribution in [3.05, 3.63) is 55.0 Å². The van der Waals surface area contributed by atoms with Crippen LogP contribution in [0.15, 0.2) is 49.4 Å². The molecule has 3 aromatic rings. The van der Waals surface area contributed by atoms with Crippen LogP contribution in [0.3, 0.4) is 0 Å². The lowest BCUT2D eigenvalue weighted by Gasteiger charge is -2.17. The van der Waals surface area contributed by atoms with Crippen LogP contribution in [0, 0.1) is 5.92 Å². The SMILES string of the molecule is Cn1cc([C@H]2CNC[C@@H]2C(=O)Nc2ccc(-n3ccnc3)nc2)cn1. The van der Waals surface area contributed by atoms with Crippen LogP contribution in [0.25, 0.3) is 5.82 Å². The Kier molecular flexibility index (Phi) is 4.02. The summed E-state index contributed by atoms with van der Waals surface area (Å²) in [6, 6.07) is 3.70. The van der Waals surface area contributed by atoms with Crippen LogP contribution in [0.2, 0.25) is 0 Å². The first-order valence-electron chi connectivity index (χ1n) is 8.15. The first-order valence-corrected chi connectivity index (χ1v) is 8.15. The topological polar surface area (TPSA) is 89.7 Å². The highest BCUT2D eigenvalue weighted by Gasteiger charge is 2.34. The number of nitrogens with one attached hydrogen (secondary N) is 2. The lowest BCUT2D eigenvalue weighted by atomic mass is 9.90. The number of aryl methyl sites for hydroxylation is 1. The third kappa shape index (κ3) is 3.16. The van der Waals surface area contributed by atoms with Gasteiger partial charge in [0.25, 0.3) is 0 Å². The number of imidazole rings is 1. The van der Waals surface area contributed by atoms with Gasteiger partial charge in [-0.2, -0.15) is 5.10 Å². The maximum Gasteiger partial charge on any atom is 0.229 e. The van der Waals surface area contributed by atoms with Crippen molar-refractivity contribution in [1.82, 2.24) is 29.6 Å². The number of nitrogens with zero attached hydrogens (tertiary/aromatic N) is 5. The number of hydrogen-bond donors (Lipinski definition) is 2. The number of aromatic nitrogens is 5. The number of rotatable bonds is 4. The molecule has 1 saturated heterocycles.